The van der Waals surface area contributed by atoms with Crippen LogP contribution in [-0.2, 0) is 22.6 Å². The molecule has 0 aliphatic heterocycles. The van der Waals surface area contributed by atoms with Gasteiger partial charge >= 0.3 is 12.1 Å². The second kappa shape index (κ2) is 15.0. The third-order valence-corrected chi connectivity index (χ3v) is 5.54. The van der Waals surface area contributed by atoms with E-state index in [4.69, 9.17) is 14.6 Å². The summed E-state index contributed by atoms with van der Waals surface area (Å²) in [5.74, 6) is -2.83. The van der Waals surface area contributed by atoms with E-state index in [1.807, 2.05) is 18.3 Å². The first kappa shape index (κ1) is 29.9. The summed E-state index contributed by atoms with van der Waals surface area (Å²) < 4.78 is 36.9. The average Bonchev–Trinajstić information content (AvgIpc) is 3.42. The van der Waals surface area contributed by atoms with Gasteiger partial charge < -0.3 is 20.1 Å². The lowest BCUT2D eigenvalue weighted by Gasteiger charge is -2.21. The lowest BCUT2D eigenvalue weighted by molar-refractivity contribution is -0.192. The number of aliphatic carboxylic acids is 1. The van der Waals surface area contributed by atoms with Crippen LogP contribution in [0.4, 0.5) is 13.2 Å². The number of carbonyl (C=O) groups excluding carboxylic acids is 1. The number of pyridine rings is 1. The molecule has 0 saturated carbocycles. The van der Waals surface area contributed by atoms with E-state index in [1.54, 1.807) is 22.9 Å². The molecular formula is C25H29F3N4O4S. The first-order valence-electron chi connectivity index (χ1n) is 11.4. The highest BCUT2D eigenvalue weighted by Gasteiger charge is 2.38. The summed E-state index contributed by atoms with van der Waals surface area (Å²) in [5, 5.41) is 12.3. The van der Waals surface area contributed by atoms with Crippen molar-refractivity contribution >= 4 is 23.2 Å². The van der Waals surface area contributed by atoms with Gasteiger partial charge in [-0.15, -0.1) is 11.3 Å². The van der Waals surface area contributed by atoms with Gasteiger partial charge in [0.15, 0.2) is 0 Å². The van der Waals surface area contributed by atoms with Crippen LogP contribution in [0.2, 0.25) is 0 Å². The molecule has 0 aliphatic carbocycles. The smallest absolute Gasteiger partial charge is 0.475 e. The van der Waals surface area contributed by atoms with Crippen molar-refractivity contribution in [2.45, 2.75) is 32.6 Å². The van der Waals surface area contributed by atoms with Crippen molar-refractivity contribution in [1.29, 1.82) is 0 Å². The number of aromatic nitrogens is 2. The molecule has 2 heterocycles. The molecule has 1 aromatic carbocycles. The minimum Gasteiger partial charge on any atom is -0.475 e. The third kappa shape index (κ3) is 10.3. The summed E-state index contributed by atoms with van der Waals surface area (Å²) in [6, 6.07) is 12.3. The molecule has 0 atom stereocenters. The number of carbonyl (C=O) groups is 2. The molecule has 37 heavy (non-hydrogen) atoms. The zero-order valence-electron chi connectivity index (χ0n) is 20.5. The predicted molar refractivity (Wildman–Crippen MR) is 134 cm³/mol. The number of nitrogens with zero attached hydrogens (tertiary/aromatic N) is 3. The van der Waals surface area contributed by atoms with Crippen LogP contribution in [0.5, 0.6) is 0 Å². The van der Waals surface area contributed by atoms with Gasteiger partial charge in [0.05, 0.1) is 17.8 Å². The van der Waals surface area contributed by atoms with Gasteiger partial charge in [-0.25, -0.2) is 9.78 Å². The van der Waals surface area contributed by atoms with E-state index < -0.39 is 12.1 Å². The molecule has 1 amide bonds. The van der Waals surface area contributed by atoms with E-state index in [2.05, 4.69) is 46.5 Å². The van der Waals surface area contributed by atoms with Crippen molar-refractivity contribution in [2.75, 3.05) is 26.8 Å². The van der Waals surface area contributed by atoms with Crippen LogP contribution in [0.25, 0.3) is 11.3 Å². The Hall–Kier alpha value is -3.35. The molecule has 3 rings (SSSR count). The van der Waals surface area contributed by atoms with E-state index in [-0.39, 0.29) is 5.91 Å². The fourth-order valence-corrected chi connectivity index (χ4v) is 3.57. The number of alkyl halides is 3. The topological polar surface area (TPSA) is 105 Å². The second-order valence-electron chi connectivity index (χ2n) is 7.82. The summed E-state index contributed by atoms with van der Waals surface area (Å²) in [6.45, 7) is 5.51. The molecular weight excluding hydrogens is 509 g/mol. The van der Waals surface area contributed by atoms with Gasteiger partial charge in [-0.2, -0.15) is 13.2 Å². The Morgan fingerprint density at radius 2 is 1.78 bits per heavy atom. The summed E-state index contributed by atoms with van der Waals surface area (Å²) in [7, 11) is 1.64. The number of thiazole rings is 1. The highest BCUT2D eigenvalue weighted by atomic mass is 32.1. The normalized spacial score (nSPS) is 10.9. The number of halogens is 3. The van der Waals surface area contributed by atoms with Crippen molar-refractivity contribution < 1.29 is 32.6 Å². The second-order valence-corrected chi connectivity index (χ2v) is 8.54. The van der Waals surface area contributed by atoms with Crippen LogP contribution in [0.1, 0.15) is 35.0 Å². The number of nitrogens with one attached hydrogen (secondary N) is 1. The standard InChI is InChI=1S/C23H28N4O2S.C2HF3O2/c1-3-10-24-13-19-6-9-21(25-14-19)20-7-4-18(5-8-20)15-27(11-12-29-2)23(28)22-16-30-17-26-22;3-2(4,5)1(6)7/h4-9,14,16-17,24H,3,10-13,15H2,1-2H3;(H,6,7). The van der Waals surface area contributed by atoms with Crippen LogP contribution < -0.4 is 5.32 Å². The Bertz CT molecular complexity index is 1090. The molecule has 0 bridgehead atoms. The highest BCUT2D eigenvalue weighted by Crippen LogP contribution is 2.19. The van der Waals surface area contributed by atoms with Crippen molar-refractivity contribution in [3.63, 3.8) is 0 Å². The zero-order chi connectivity index (χ0) is 27.3. The van der Waals surface area contributed by atoms with Crippen molar-refractivity contribution in [1.82, 2.24) is 20.2 Å². The van der Waals surface area contributed by atoms with Crippen molar-refractivity contribution in [3.05, 3.63) is 70.3 Å². The summed E-state index contributed by atoms with van der Waals surface area (Å²) >= 11 is 1.42. The quantitative estimate of drug-likeness (QED) is 0.343. The zero-order valence-corrected chi connectivity index (χ0v) is 21.3. The van der Waals surface area contributed by atoms with Gasteiger partial charge in [-0.05, 0) is 30.2 Å². The van der Waals surface area contributed by atoms with E-state index in [9.17, 15) is 18.0 Å². The van der Waals surface area contributed by atoms with Crippen LogP contribution in [0.15, 0.2) is 53.5 Å². The SMILES string of the molecule is CCCNCc1ccc(-c2ccc(CN(CCOC)C(=O)c3cscn3)cc2)nc1.O=C(O)C(F)(F)F. The van der Waals surface area contributed by atoms with E-state index in [1.165, 1.54) is 16.9 Å². The molecule has 0 spiro atoms. The van der Waals surface area contributed by atoms with Crippen molar-refractivity contribution in [3.8, 4) is 11.3 Å². The number of amides is 1. The number of hydrogen-bond donors (Lipinski definition) is 2. The molecule has 0 fully saturated rings. The summed E-state index contributed by atoms with van der Waals surface area (Å²) in [4.78, 5) is 32.1. The number of rotatable bonds is 11. The predicted octanol–water partition coefficient (Wildman–Crippen LogP) is 4.63. The summed E-state index contributed by atoms with van der Waals surface area (Å²) in [6.07, 6.45) is -2.04. The van der Waals surface area contributed by atoms with Crippen LogP contribution in [-0.4, -0.2) is 64.8 Å². The fourth-order valence-electron chi connectivity index (χ4n) is 3.04. The number of hydrogen-bond acceptors (Lipinski definition) is 7. The van der Waals surface area contributed by atoms with Gasteiger partial charge in [0.1, 0.15) is 5.69 Å². The lowest BCUT2D eigenvalue weighted by atomic mass is 10.1. The van der Waals surface area contributed by atoms with E-state index >= 15 is 0 Å². The maximum Gasteiger partial charge on any atom is 0.490 e. The Morgan fingerprint density at radius 1 is 1.11 bits per heavy atom. The van der Waals surface area contributed by atoms with Gasteiger partial charge in [0, 0.05) is 43.9 Å². The third-order valence-electron chi connectivity index (χ3n) is 4.95. The van der Waals surface area contributed by atoms with E-state index in [0.29, 0.717) is 25.4 Å². The Kier molecular flexibility index (Phi) is 12.1. The summed E-state index contributed by atoms with van der Waals surface area (Å²) in [5.41, 5.74) is 6.38. The maximum atomic E-state index is 12.7. The number of carboxylic acid groups (broad SMARTS) is 1. The molecule has 12 heteroatoms. The first-order chi connectivity index (χ1) is 17.7. The van der Waals surface area contributed by atoms with Gasteiger partial charge in [-0.3, -0.25) is 9.78 Å². The molecule has 0 unspecified atom stereocenters. The molecule has 0 radical (unpaired) electrons. The number of ether oxygens (including phenoxy) is 1. The molecule has 3 aromatic rings. The Labute approximate surface area is 217 Å². The van der Waals surface area contributed by atoms with Crippen LogP contribution in [0.3, 0.4) is 0 Å². The fraction of sp³-hybridized carbons (Fsp3) is 0.360. The first-order valence-corrected chi connectivity index (χ1v) is 12.3. The van der Waals surface area contributed by atoms with Gasteiger partial charge in [0.25, 0.3) is 5.91 Å². The molecule has 2 aromatic heterocycles. The molecule has 0 saturated heterocycles. The van der Waals surface area contributed by atoms with Crippen molar-refractivity contribution in [2.24, 2.45) is 0 Å². The lowest BCUT2D eigenvalue weighted by Crippen LogP contribution is -2.33. The highest BCUT2D eigenvalue weighted by molar-refractivity contribution is 7.07. The molecule has 8 nitrogen and oxygen atoms in total. The number of methoxy groups -OCH3 is 1. The van der Waals surface area contributed by atoms with E-state index in [0.717, 1.165) is 36.3 Å². The largest absolute Gasteiger partial charge is 0.490 e. The molecule has 200 valence electrons. The van der Waals surface area contributed by atoms with Gasteiger partial charge in [0.2, 0.25) is 0 Å². The Morgan fingerprint density at radius 3 is 2.30 bits per heavy atom. The maximum absolute atomic E-state index is 12.7. The minimum absolute atomic E-state index is 0.0775. The Balaban J connectivity index is 0.000000604. The molecule has 0 aliphatic rings. The number of carboxylic acids is 1. The monoisotopic (exact) mass is 538 g/mol. The minimum atomic E-state index is -5.08. The average molecular weight is 539 g/mol. The van der Waals surface area contributed by atoms with Crippen LogP contribution in [0, 0.1) is 0 Å². The van der Waals surface area contributed by atoms with Gasteiger partial charge in [-0.1, -0.05) is 37.3 Å². The molecule has 2 N–H and O–H groups in total. The van der Waals surface area contributed by atoms with Crippen LogP contribution >= 0.6 is 11.3 Å². The number of benzene rings is 1.